The molecule has 1 saturated heterocycles. The summed E-state index contributed by atoms with van der Waals surface area (Å²) in [5, 5.41) is 6.26. The van der Waals surface area contributed by atoms with E-state index in [2.05, 4.69) is 65.8 Å². The van der Waals surface area contributed by atoms with Crippen LogP contribution in [0.25, 0.3) is 10.8 Å². The molecule has 160 valence electrons. The molecule has 1 fully saturated rings. The molecule has 2 aromatic rings. The third-order valence-electron chi connectivity index (χ3n) is 6.07. The monoisotopic (exact) mass is 407 g/mol. The first-order valence-electron chi connectivity index (χ1n) is 10.9. The minimum atomic E-state index is -0.457. The van der Waals surface area contributed by atoms with Gasteiger partial charge in [-0.25, -0.2) is 4.79 Å². The fourth-order valence-electron chi connectivity index (χ4n) is 4.67. The molecule has 2 aliphatic rings. The van der Waals surface area contributed by atoms with Crippen LogP contribution < -0.4 is 5.32 Å². The summed E-state index contributed by atoms with van der Waals surface area (Å²) in [6, 6.07) is 13.1. The van der Waals surface area contributed by atoms with E-state index in [1.54, 1.807) is 0 Å². The second kappa shape index (κ2) is 8.31. The van der Waals surface area contributed by atoms with Gasteiger partial charge in [-0.2, -0.15) is 0 Å². The van der Waals surface area contributed by atoms with Crippen molar-refractivity contribution in [1.29, 1.82) is 0 Å². The Kier molecular flexibility index (Phi) is 5.74. The minimum Gasteiger partial charge on any atom is -0.444 e. The van der Waals surface area contributed by atoms with Crippen molar-refractivity contribution in [2.45, 2.75) is 51.8 Å². The molecule has 1 N–H and O–H groups in total. The highest BCUT2D eigenvalue weighted by molar-refractivity contribution is 5.87. The maximum atomic E-state index is 12.4. The van der Waals surface area contributed by atoms with Gasteiger partial charge in [0.2, 0.25) is 0 Å². The van der Waals surface area contributed by atoms with Crippen molar-refractivity contribution in [1.82, 2.24) is 15.1 Å². The molecule has 5 nitrogen and oxygen atoms in total. The number of carbonyl (C=O) groups excluding carboxylic acids is 1. The highest BCUT2D eigenvalue weighted by Gasteiger charge is 2.34. The van der Waals surface area contributed by atoms with Crippen molar-refractivity contribution in [2.24, 2.45) is 0 Å². The number of carbonyl (C=O) groups is 1. The van der Waals surface area contributed by atoms with E-state index < -0.39 is 5.60 Å². The van der Waals surface area contributed by atoms with Crippen molar-refractivity contribution in [3.05, 3.63) is 59.8 Å². The molecule has 4 rings (SSSR count). The predicted molar refractivity (Wildman–Crippen MR) is 121 cm³/mol. The van der Waals surface area contributed by atoms with E-state index in [4.69, 9.17) is 4.74 Å². The molecule has 2 unspecified atom stereocenters. The molecule has 2 aromatic carbocycles. The average Bonchev–Trinajstić information content (AvgIpc) is 2.73. The summed E-state index contributed by atoms with van der Waals surface area (Å²) in [6.45, 7) is 11.0. The van der Waals surface area contributed by atoms with Crippen LogP contribution in [0.15, 0.2) is 48.7 Å². The average molecular weight is 408 g/mol. The molecule has 0 spiro atoms. The van der Waals surface area contributed by atoms with Crippen LogP contribution >= 0.6 is 0 Å². The number of benzene rings is 2. The molecular weight excluding hydrogens is 374 g/mol. The molecule has 0 aliphatic carbocycles. The SMILES string of the molecule is Cc1ccc2ccccc2c1C1CC=CNC1N1CCN(C(=O)OC(C)(C)C)CC1. The van der Waals surface area contributed by atoms with Gasteiger partial charge >= 0.3 is 6.09 Å². The van der Waals surface area contributed by atoms with Crippen LogP contribution in [0.1, 0.15) is 44.2 Å². The van der Waals surface area contributed by atoms with Gasteiger partial charge in [-0.3, -0.25) is 4.90 Å². The normalized spacial score (nSPS) is 22.7. The first kappa shape index (κ1) is 20.7. The quantitative estimate of drug-likeness (QED) is 0.789. The van der Waals surface area contributed by atoms with E-state index in [9.17, 15) is 4.79 Å². The Balaban J connectivity index is 1.53. The number of rotatable bonds is 2. The van der Waals surface area contributed by atoms with Crippen LogP contribution in [0.3, 0.4) is 0 Å². The topological polar surface area (TPSA) is 44.8 Å². The lowest BCUT2D eigenvalue weighted by Crippen LogP contribution is -2.57. The summed E-state index contributed by atoms with van der Waals surface area (Å²) in [6.07, 6.45) is 5.35. The van der Waals surface area contributed by atoms with Crippen molar-refractivity contribution >= 4 is 16.9 Å². The number of aryl methyl sites for hydroxylation is 1. The van der Waals surface area contributed by atoms with Gasteiger partial charge in [-0.1, -0.05) is 42.5 Å². The van der Waals surface area contributed by atoms with Crippen LogP contribution in [-0.4, -0.2) is 53.8 Å². The molecule has 0 aromatic heterocycles. The van der Waals surface area contributed by atoms with Gasteiger partial charge in [-0.05, 0) is 62.2 Å². The number of piperazine rings is 1. The third kappa shape index (κ3) is 4.31. The highest BCUT2D eigenvalue weighted by atomic mass is 16.6. The Morgan fingerprint density at radius 2 is 1.80 bits per heavy atom. The van der Waals surface area contributed by atoms with Crippen LogP contribution in [0.5, 0.6) is 0 Å². The first-order valence-corrected chi connectivity index (χ1v) is 10.9. The lowest BCUT2D eigenvalue weighted by atomic mass is 9.84. The van der Waals surface area contributed by atoms with Crippen LogP contribution in [0.4, 0.5) is 4.79 Å². The van der Waals surface area contributed by atoms with E-state index in [1.165, 1.54) is 21.9 Å². The number of fused-ring (bicyclic) bond motifs is 1. The zero-order valence-corrected chi connectivity index (χ0v) is 18.5. The van der Waals surface area contributed by atoms with Crippen molar-refractivity contribution in [3.63, 3.8) is 0 Å². The van der Waals surface area contributed by atoms with Crippen LogP contribution in [-0.2, 0) is 4.74 Å². The molecule has 30 heavy (non-hydrogen) atoms. The molecule has 5 heteroatoms. The van der Waals surface area contributed by atoms with Crippen molar-refractivity contribution in [2.75, 3.05) is 26.2 Å². The van der Waals surface area contributed by atoms with Crippen molar-refractivity contribution < 1.29 is 9.53 Å². The Hall–Kier alpha value is -2.53. The number of nitrogens with zero attached hydrogens (tertiary/aromatic N) is 2. The minimum absolute atomic E-state index is 0.208. The second-order valence-corrected chi connectivity index (χ2v) is 9.38. The van der Waals surface area contributed by atoms with E-state index in [1.807, 2.05) is 25.7 Å². The van der Waals surface area contributed by atoms with Gasteiger partial charge in [0.25, 0.3) is 0 Å². The second-order valence-electron chi connectivity index (χ2n) is 9.38. The van der Waals surface area contributed by atoms with Gasteiger partial charge in [0.15, 0.2) is 0 Å². The summed E-state index contributed by atoms with van der Waals surface area (Å²) in [7, 11) is 0. The summed E-state index contributed by atoms with van der Waals surface area (Å²) >= 11 is 0. The first-order chi connectivity index (χ1) is 14.3. The van der Waals surface area contributed by atoms with Crippen LogP contribution in [0.2, 0.25) is 0 Å². The maximum Gasteiger partial charge on any atom is 0.410 e. The lowest BCUT2D eigenvalue weighted by molar-refractivity contribution is 0.00697. The number of ether oxygens (including phenoxy) is 1. The summed E-state index contributed by atoms with van der Waals surface area (Å²) in [5.74, 6) is 0.370. The number of allylic oxidation sites excluding steroid dienone is 1. The molecule has 2 heterocycles. The fraction of sp³-hybridized carbons (Fsp3) is 0.480. The predicted octanol–water partition coefficient (Wildman–Crippen LogP) is 4.62. The molecule has 0 radical (unpaired) electrons. The Morgan fingerprint density at radius 3 is 2.53 bits per heavy atom. The Labute approximate surface area is 179 Å². The van der Waals surface area contributed by atoms with E-state index in [0.717, 1.165) is 19.5 Å². The standard InChI is InChI=1S/C25H33N3O2/c1-18-11-12-19-8-5-6-9-20(19)22(18)21-10-7-13-26-23(21)27-14-16-28(17-15-27)24(29)30-25(2,3)4/h5-9,11-13,21,23,26H,10,14-17H2,1-4H3. The Bertz CT molecular complexity index is 939. The van der Waals surface area contributed by atoms with Gasteiger partial charge in [0, 0.05) is 32.1 Å². The van der Waals surface area contributed by atoms with E-state index in [0.29, 0.717) is 19.0 Å². The highest BCUT2D eigenvalue weighted by Crippen LogP contribution is 2.36. The molecule has 2 aliphatic heterocycles. The number of hydrogen-bond acceptors (Lipinski definition) is 4. The zero-order chi connectivity index (χ0) is 21.3. The maximum absolute atomic E-state index is 12.4. The lowest BCUT2D eigenvalue weighted by Gasteiger charge is -2.44. The summed E-state index contributed by atoms with van der Waals surface area (Å²) in [4.78, 5) is 16.7. The van der Waals surface area contributed by atoms with E-state index >= 15 is 0 Å². The zero-order valence-electron chi connectivity index (χ0n) is 18.5. The van der Waals surface area contributed by atoms with Gasteiger partial charge in [0.05, 0.1) is 6.17 Å². The molecule has 2 atom stereocenters. The molecular formula is C25H33N3O2. The van der Waals surface area contributed by atoms with Gasteiger partial charge in [-0.15, -0.1) is 0 Å². The molecule has 0 bridgehead atoms. The van der Waals surface area contributed by atoms with Gasteiger partial charge in [0.1, 0.15) is 5.60 Å². The van der Waals surface area contributed by atoms with Gasteiger partial charge < -0.3 is 15.0 Å². The van der Waals surface area contributed by atoms with E-state index in [-0.39, 0.29) is 12.3 Å². The number of hydrogen-bond donors (Lipinski definition) is 1. The number of amides is 1. The molecule has 1 amide bonds. The third-order valence-corrected chi connectivity index (χ3v) is 6.07. The Morgan fingerprint density at radius 1 is 1.07 bits per heavy atom. The smallest absolute Gasteiger partial charge is 0.410 e. The molecule has 0 saturated carbocycles. The summed E-state index contributed by atoms with van der Waals surface area (Å²) in [5.41, 5.74) is 2.32. The number of nitrogens with one attached hydrogen (secondary N) is 1. The van der Waals surface area contributed by atoms with Crippen molar-refractivity contribution in [3.8, 4) is 0 Å². The fourth-order valence-corrected chi connectivity index (χ4v) is 4.67. The largest absolute Gasteiger partial charge is 0.444 e. The summed E-state index contributed by atoms with van der Waals surface area (Å²) < 4.78 is 5.55. The van der Waals surface area contributed by atoms with Crippen LogP contribution in [0, 0.1) is 6.92 Å².